The summed E-state index contributed by atoms with van der Waals surface area (Å²) in [6.45, 7) is 0.388. The maximum Gasteiger partial charge on any atom is 0.335 e. The number of ether oxygens (including phenoxy) is 1. The largest absolute Gasteiger partial charge is 0.489 e. The van der Waals surface area contributed by atoms with Crippen molar-refractivity contribution in [1.82, 2.24) is 5.32 Å². The number of anilines is 1. The van der Waals surface area contributed by atoms with Crippen LogP contribution in [0.1, 0.15) is 11.1 Å². The van der Waals surface area contributed by atoms with Crippen LogP contribution in [0.25, 0.3) is 6.08 Å². The van der Waals surface area contributed by atoms with Gasteiger partial charge >= 0.3 is 6.03 Å². The van der Waals surface area contributed by atoms with Gasteiger partial charge in [0.05, 0.1) is 5.69 Å². The average molecular weight is 512 g/mol. The van der Waals surface area contributed by atoms with Gasteiger partial charge in [0.1, 0.15) is 17.9 Å². The molecule has 160 valence electrons. The molecule has 0 bridgehead atoms. The van der Waals surface area contributed by atoms with Crippen LogP contribution in [0.3, 0.4) is 0 Å². The Kier molecular flexibility index (Phi) is 6.39. The second kappa shape index (κ2) is 9.38. The summed E-state index contributed by atoms with van der Waals surface area (Å²) in [6.07, 6.45) is 1.43. The Labute approximate surface area is 197 Å². The number of imide groups is 2. The SMILES string of the molecule is O=C1NC(=O)N(c2cccc(Cl)c2)C(=O)/C1=C/c1ccc(OCc2ccccc2Br)cc1. The Morgan fingerprint density at radius 3 is 2.44 bits per heavy atom. The van der Waals surface area contributed by atoms with E-state index < -0.39 is 17.8 Å². The zero-order chi connectivity index (χ0) is 22.7. The summed E-state index contributed by atoms with van der Waals surface area (Å²) in [5, 5.41) is 2.55. The fraction of sp³-hybridized carbons (Fsp3) is 0.0417. The maximum absolute atomic E-state index is 12.9. The molecule has 4 amide bonds. The monoisotopic (exact) mass is 510 g/mol. The number of nitrogens with one attached hydrogen (secondary N) is 1. The fourth-order valence-corrected chi connectivity index (χ4v) is 3.69. The molecule has 0 aromatic heterocycles. The predicted octanol–water partition coefficient (Wildman–Crippen LogP) is 5.35. The highest BCUT2D eigenvalue weighted by atomic mass is 79.9. The number of hydrogen-bond acceptors (Lipinski definition) is 4. The van der Waals surface area contributed by atoms with Crippen molar-refractivity contribution >= 4 is 57.1 Å². The van der Waals surface area contributed by atoms with Crippen LogP contribution in [-0.2, 0) is 16.2 Å². The number of benzene rings is 3. The van der Waals surface area contributed by atoms with Crippen LogP contribution in [-0.4, -0.2) is 17.8 Å². The van der Waals surface area contributed by atoms with Crippen molar-refractivity contribution in [2.24, 2.45) is 0 Å². The van der Waals surface area contributed by atoms with Gasteiger partial charge in [-0.2, -0.15) is 0 Å². The third kappa shape index (κ3) is 4.74. The van der Waals surface area contributed by atoms with Crippen LogP contribution in [0.5, 0.6) is 5.75 Å². The molecule has 4 rings (SSSR count). The number of carbonyl (C=O) groups excluding carboxylic acids is 3. The topological polar surface area (TPSA) is 75.7 Å². The zero-order valence-electron chi connectivity index (χ0n) is 16.5. The smallest absolute Gasteiger partial charge is 0.335 e. The van der Waals surface area contributed by atoms with Gasteiger partial charge < -0.3 is 4.74 Å². The predicted molar refractivity (Wildman–Crippen MR) is 125 cm³/mol. The van der Waals surface area contributed by atoms with Crippen molar-refractivity contribution in [3.63, 3.8) is 0 Å². The first-order valence-electron chi connectivity index (χ1n) is 9.55. The number of rotatable bonds is 5. The number of nitrogens with zero attached hydrogens (tertiary/aromatic N) is 1. The molecule has 0 spiro atoms. The Balaban J connectivity index is 1.53. The molecule has 1 aliphatic rings. The molecule has 0 atom stereocenters. The Bertz CT molecular complexity index is 1240. The second-order valence-electron chi connectivity index (χ2n) is 6.89. The molecule has 3 aromatic carbocycles. The Morgan fingerprint density at radius 1 is 0.969 bits per heavy atom. The number of halogens is 2. The number of amides is 4. The molecule has 1 aliphatic heterocycles. The number of urea groups is 1. The molecule has 0 radical (unpaired) electrons. The molecule has 1 fully saturated rings. The quantitative estimate of drug-likeness (QED) is 0.370. The summed E-state index contributed by atoms with van der Waals surface area (Å²) < 4.78 is 6.76. The van der Waals surface area contributed by atoms with Crippen molar-refractivity contribution < 1.29 is 19.1 Å². The lowest BCUT2D eigenvalue weighted by atomic mass is 10.1. The summed E-state index contributed by atoms with van der Waals surface area (Å²) in [5.41, 5.74) is 1.73. The van der Waals surface area contributed by atoms with E-state index in [9.17, 15) is 14.4 Å². The second-order valence-corrected chi connectivity index (χ2v) is 8.18. The van der Waals surface area contributed by atoms with Gasteiger partial charge in [0.15, 0.2) is 0 Å². The number of hydrogen-bond donors (Lipinski definition) is 1. The molecule has 0 aliphatic carbocycles. The van der Waals surface area contributed by atoms with E-state index in [0.717, 1.165) is 14.9 Å². The van der Waals surface area contributed by atoms with Crippen LogP contribution in [0.2, 0.25) is 5.02 Å². The Hall–Kier alpha value is -3.42. The van der Waals surface area contributed by atoms with Gasteiger partial charge in [-0.3, -0.25) is 14.9 Å². The highest BCUT2D eigenvalue weighted by Crippen LogP contribution is 2.25. The van der Waals surface area contributed by atoms with E-state index in [2.05, 4.69) is 21.2 Å². The van der Waals surface area contributed by atoms with Gasteiger partial charge in [0.25, 0.3) is 11.8 Å². The van der Waals surface area contributed by atoms with E-state index in [1.807, 2.05) is 24.3 Å². The van der Waals surface area contributed by atoms with E-state index in [1.54, 1.807) is 42.5 Å². The summed E-state index contributed by atoms with van der Waals surface area (Å²) in [7, 11) is 0. The van der Waals surface area contributed by atoms with Crippen molar-refractivity contribution in [1.29, 1.82) is 0 Å². The lowest BCUT2D eigenvalue weighted by molar-refractivity contribution is -0.122. The lowest BCUT2D eigenvalue weighted by Gasteiger charge is -2.26. The number of carbonyl (C=O) groups is 3. The van der Waals surface area contributed by atoms with Gasteiger partial charge in [0, 0.05) is 15.1 Å². The first-order valence-corrected chi connectivity index (χ1v) is 10.7. The molecule has 8 heteroatoms. The summed E-state index contributed by atoms with van der Waals surface area (Å²) >= 11 is 9.46. The summed E-state index contributed by atoms with van der Waals surface area (Å²) in [5.74, 6) is -0.846. The van der Waals surface area contributed by atoms with E-state index in [0.29, 0.717) is 22.9 Å². The van der Waals surface area contributed by atoms with Gasteiger partial charge in [-0.1, -0.05) is 63.9 Å². The maximum atomic E-state index is 12.9. The minimum atomic E-state index is -0.824. The van der Waals surface area contributed by atoms with E-state index in [1.165, 1.54) is 12.1 Å². The lowest BCUT2D eigenvalue weighted by Crippen LogP contribution is -2.54. The van der Waals surface area contributed by atoms with Gasteiger partial charge in [-0.05, 0) is 48.0 Å². The van der Waals surface area contributed by atoms with Crippen molar-refractivity contribution in [2.75, 3.05) is 4.90 Å². The molecule has 1 saturated heterocycles. The third-order valence-corrected chi connectivity index (χ3v) is 5.72. The number of barbiturate groups is 1. The molecule has 32 heavy (non-hydrogen) atoms. The standard InChI is InChI=1S/C24H16BrClN2O4/c25-21-7-2-1-4-16(21)14-32-19-10-8-15(9-11-19)12-20-22(29)27-24(31)28(23(20)30)18-6-3-5-17(26)13-18/h1-13H,14H2,(H,27,29,31)/b20-12+. The molecule has 0 unspecified atom stereocenters. The summed E-state index contributed by atoms with van der Waals surface area (Å²) in [6, 6.07) is 20.2. The minimum Gasteiger partial charge on any atom is -0.489 e. The fourth-order valence-electron chi connectivity index (χ4n) is 3.11. The van der Waals surface area contributed by atoms with Crippen molar-refractivity contribution in [2.45, 2.75) is 6.61 Å². The zero-order valence-corrected chi connectivity index (χ0v) is 18.9. The van der Waals surface area contributed by atoms with Gasteiger partial charge in [0.2, 0.25) is 0 Å². The van der Waals surface area contributed by atoms with E-state index >= 15 is 0 Å². The van der Waals surface area contributed by atoms with Crippen LogP contribution < -0.4 is 15.0 Å². The molecule has 3 aromatic rings. The molecule has 1 heterocycles. The molecule has 6 nitrogen and oxygen atoms in total. The highest BCUT2D eigenvalue weighted by Gasteiger charge is 2.36. The van der Waals surface area contributed by atoms with Gasteiger partial charge in [-0.25, -0.2) is 9.69 Å². The molecule has 1 N–H and O–H groups in total. The van der Waals surface area contributed by atoms with Crippen molar-refractivity contribution in [3.8, 4) is 5.75 Å². The average Bonchev–Trinajstić information content (AvgIpc) is 2.77. The molecular weight excluding hydrogens is 496 g/mol. The first kappa shape index (κ1) is 21.8. The van der Waals surface area contributed by atoms with Crippen LogP contribution >= 0.6 is 27.5 Å². The third-order valence-electron chi connectivity index (χ3n) is 4.71. The molecule has 0 saturated carbocycles. The van der Waals surface area contributed by atoms with Gasteiger partial charge in [-0.15, -0.1) is 0 Å². The molecular formula is C24H16BrClN2O4. The highest BCUT2D eigenvalue weighted by molar-refractivity contribution is 9.10. The van der Waals surface area contributed by atoms with E-state index in [4.69, 9.17) is 16.3 Å². The first-order chi connectivity index (χ1) is 15.4. The van der Waals surface area contributed by atoms with E-state index in [-0.39, 0.29) is 11.3 Å². The van der Waals surface area contributed by atoms with Crippen LogP contribution in [0.4, 0.5) is 10.5 Å². The summed E-state index contributed by atoms with van der Waals surface area (Å²) in [4.78, 5) is 38.4. The Morgan fingerprint density at radius 2 is 1.72 bits per heavy atom. The van der Waals surface area contributed by atoms with Crippen molar-refractivity contribution in [3.05, 3.63) is 99.0 Å². The minimum absolute atomic E-state index is 0.161. The normalized spacial score (nSPS) is 15.1. The van der Waals surface area contributed by atoms with Crippen LogP contribution in [0, 0.1) is 0 Å². The van der Waals surface area contributed by atoms with Crippen LogP contribution in [0.15, 0.2) is 82.8 Å².